The van der Waals surface area contributed by atoms with Crippen LogP contribution in [0.2, 0.25) is 0 Å². The Morgan fingerprint density at radius 3 is 2.19 bits per heavy atom. The highest BCUT2D eigenvalue weighted by Crippen LogP contribution is 2.29. The zero-order chi connectivity index (χ0) is 21.3. The summed E-state index contributed by atoms with van der Waals surface area (Å²) in [6.45, 7) is 0. The van der Waals surface area contributed by atoms with Crippen molar-refractivity contribution in [2.75, 3.05) is 5.73 Å². The van der Waals surface area contributed by atoms with Gasteiger partial charge in [0.15, 0.2) is 22.8 Å². The third-order valence-corrected chi connectivity index (χ3v) is 4.84. The molecule has 5 rings (SSSR count). The second-order valence-electron chi connectivity index (χ2n) is 6.88. The number of aliphatic hydroxyl groups is 1. The van der Waals surface area contributed by atoms with Crippen LogP contribution in [0.1, 0.15) is 16.8 Å². The molecule has 0 saturated heterocycles. The lowest BCUT2D eigenvalue weighted by Gasteiger charge is -2.23. The van der Waals surface area contributed by atoms with E-state index in [4.69, 9.17) is 10.2 Å². The molecule has 2 aromatic carbocycles. The molecule has 0 saturated carbocycles. The van der Waals surface area contributed by atoms with Gasteiger partial charge in [-0.05, 0) is 18.1 Å². The van der Waals surface area contributed by atoms with Crippen molar-refractivity contribution in [1.82, 2.24) is 19.6 Å². The summed E-state index contributed by atoms with van der Waals surface area (Å²) in [6.07, 6.45) is 3.17. The molecule has 3 aromatic heterocycles. The van der Waals surface area contributed by atoms with Crippen molar-refractivity contribution in [3.8, 4) is 23.4 Å². The molecule has 0 aliphatic heterocycles. The topological polar surface area (TPSA) is 102 Å². The third kappa shape index (κ3) is 3.41. The minimum absolute atomic E-state index is 0.181. The molecule has 5 aromatic rings. The molecule has 31 heavy (non-hydrogen) atoms. The SMILES string of the molecule is Nc1nc(C#CC(O)(c2ccccc2)c2ccccc2)cn2nc(-c3ccco3)nc12. The van der Waals surface area contributed by atoms with Crippen LogP contribution in [0.5, 0.6) is 0 Å². The summed E-state index contributed by atoms with van der Waals surface area (Å²) < 4.78 is 6.86. The summed E-state index contributed by atoms with van der Waals surface area (Å²) in [5.74, 6) is 7.04. The lowest BCUT2D eigenvalue weighted by atomic mass is 9.87. The van der Waals surface area contributed by atoms with Crippen molar-refractivity contribution >= 4 is 11.5 Å². The number of nitrogens with two attached hydrogens (primary N) is 1. The number of furan rings is 1. The maximum atomic E-state index is 11.5. The van der Waals surface area contributed by atoms with Crippen LogP contribution in [-0.2, 0) is 5.60 Å². The van der Waals surface area contributed by atoms with Gasteiger partial charge in [0.05, 0.1) is 12.5 Å². The Hall–Kier alpha value is -4.41. The number of hydrogen-bond acceptors (Lipinski definition) is 6. The van der Waals surface area contributed by atoms with Crippen LogP contribution < -0.4 is 5.73 Å². The van der Waals surface area contributed by atoms with E-state index in [0.29, 0.717) is 34.1 Å². The molecule has 0 aliphatic carbocycles. The molecule has 0 atom stereocenters. The number of fused-ring (bicyclic) bond motifs is 1. The van der Waals surface area contributed by atoms with E-state index in [1.54, 1.807) is 24.6 Å². The number of anilines is 1. The molecule has 7 nitrogen and oxygen atoms in total. The van der Waals surface area contributed by atoms with Crippen LogP contribution >= 0.6 is 0 Å². The molecule has 3 N–H and O–H groups in total. The predicted octanol–water partition coefficient (Wildman–Crippen LogP) is 3.25. The van der Waals surface area contributed by atoms with E-state index < -0.39 is 5.60 Å². The molecular weight excluding hydrogens is 390 g/mol. The van der Waals surface area contributed by atoms with Gasteiger partial charge in [-0.3, -0.25) is 0 Å². The van der Waals surface area contributed by atoms with E-state index in [2.05, 4.69) is 26.9 Å². The maximum Gasteiger partial charge on any atom is 0.218 e. The van der Waals surface area contributed by atoms with Gasteiger partial charge in [-0.1, -0.05) is 66.6 Å². The zero-order valence-corrected chi connectivity index (χ0v) is 16.3. The van der Waals surface area contributed by atoms with Gasteiger partial charge in [0.1, 0.15) is 5.69 Å². The van der Waals surface area contributed by atoms with E-state index in [1.165, 1.54) is 4.52 Å². The quantitative estimate of drug-likeness (QED) is 0.445. The molecule has 150 valence electrons. The van der Waals surface area contributed by atoms with Gasteiger partial charge < -0.3 is 15.3 Å². The van der Waals surface area contributed by atoms with E-state index >= 15 is 0 Å². The number of nitrogens with zero attached hydrogens (tertiary/aromatic N) is 4. The Morgan fingerprint density at radius 1 is 0.903 bits per heavy atom. The Labute approximate surface area is 177 Å². The smallest absolute Gasteiger partial charge is 0.218 e. The minimum Gasteiger partial charge on any atom is -0.461 e. The maximum absolute atomic E-state index is 11.5. The third-order valence-electron chi connectivity index (χ3n) is 4.84. The predicted molar refractivity (Wildman–Crippen MR) is 116 cm³/mol. The van der Waals surface area contributed by atoms with Crippen molar-refractivity contribution < 1.29 is 9.52 Å². The van der Waals surface area contributed by atoms with Gasteiger partial charge in [0, 0.05) is 11.1 Å². The van der Waals surface area contributed by atoms with Crippen molar-refractivity contribution in [3.05, 3.63) is 102 Å². The standard InChI is InChI=1S/C24H17N5O2/c25-21-23-27-22(20-12-7-15-31-20)28-29(23)16-19(26-21)13-14-24(30,17-8-3-1-4-9-17)18-10-5-2-6-11-18/h1-12,15-16,30H,(H2,25,26). The van der Waals surface area contributed by atoms with E-state index in [0.717, 1.165) is 0 Å². The van der Waals surface area contributed by atoms with Crippen molar-refractivity contribution in [2.45, 2.75) is 5.60 Å². The molecule has 0 radical (unpaired) electrons. The van der Waals surface area contributed by atoms with Crippen molar-refractivity contribution in [2.24, 2.45) is 0 Å². The molecule has 0 unspecified atom stereocenters. The lowest BCUT2D eigenvalue weighted by Crippen LogP contribution is -2.25. The molecule has 0 amide bonds. The molecule has 0 aliphatic rings. The fourth-order valence-corrected chi connectivity index (χ4v) is 3.31. The van der Waals surface area contributed by atoms with Crippen molar-refractivity contribution in [1.29, 1.82) is 0 Å². The summed E-state index contributed by atoms with van der Waals surface area (Å²) in [7, 11) is 0. The van der Waals surface area contributed by atoms with Gasteiger partial charge in [0.2, 0.25) is 5.82 Å². The molecule has 0 fully saturated rings. The average molecular weight is 407 g/mol. The summed E-state index contributed by atoms with van der Waals surface area (Å²) in [6, 6.07) is 22.1. The van der Waals surface area contributed by atoms with Crippen LogP contribution in [-0.4, -0.2) is 24.7 Å². The minimum atomic E-state index is -1.52. The molecule has 0 spiro atoms. The molecular formula is C24H17N5O2. The number of rotatable bonds is 3. The second kappa shape index (κ2) is 7.44. The monoisotopic (exact) mass is 407 g/mol. The highest BCUT2D eigenvalue weighted by Gasteiger charge is 2.29. The van der Waals surface area contributed by atoms with Gasteiger partial charge in [-0.25, -0.2) is 14.5 Å². The summed E-state index contributed by atoms with van der Waals surface area (Å²) in [5, 5.41) is 15.9. The number of nitrogen functional groups attached to an aromatic ring is 1. The van der Waals surface area contributed by atoms with Crippen LogP contribution in [0.4, 0.5) is 5.82 Å². The fourth-order valence-electron chi connectivity index (χ4n) is 3.31. The fraction of sp³-hybridized carbons (Fsp3) is 0.0417. The van der Waals surface area contributed by atoms with Gasteiger partial charge in [-0.15, -0.1) is 5.10 Å². The van der Waals surface area contributed by atoms with Gasteiger partial charge in [0.25, 0.3) is 0 Å². The molecule has 3 heterocycles. The molecule has 0 bridgehead atoms. The summed E-state index contributed by atoms with van der Waals surface area (Å²) in [5.41, 5.74) is 6.64. The number of hydrogen-bond donors (Lipinski definition) is 2. The van der Waals surface area contributed by atoms with Crippen LogP contribution in [0.25, 0.3) is 17.2 Å². The Bertz CT molecular complexity index is 1360. The van der Waals surface area contributed by atoms with Crippen LogP contribution in [0.3, 0.4) is 0 Å². The first-order chi connectivity index (χ1) is 15.1. The average Bonchev–Trinajstić information content (AvgIpc) is 3.49. The summed E-state index contributed by atoms with van der Waals surface area (Å²) >= 11 is 0. The number of benzene rings is 2. The first-order valence-corrected chi connectivity index (χ1v) is 9.57. The number of aromatic nitrogens is 4. The summed E-state index contributed by atoms with van der Waals surface area (Å²) in [4.78, 5) is 8.70. The zero-order valence-electron chi connectivity index (χ0n) is 16.3. The van der Waals surface area contributed by atoms with Crippen LogP contribution in [0.15, 0.2) is 89.7 Å². The Morgan fingerprint density at radius 2 is 1.58 bits per heavy atom. The Balaban J connectivity index is 1.60. The van der Waals surface area contributed by atoms with Crippen molar-refractivity contribution in [3.63, 3.8) is 0 Å². The highest BCUT2D eigenvalue weighted by molar-refractivity contribution is 5.64. The van der Waals surface area contributed by atoms with E-state index in [1.807, 2.05) is 60.7 Å². The highest BCUT2D eigenvalue weighted by atomic mass is 16.3. The molecule has 7 heteroatoms. The lowest BCUT2D eigenvalue weighted by molar-refractivity contribution is 0.145. The van der Waals surface area contributed by atoms with Crippen LogP contribution in [0, 0.1) is 11.8 Å². The van der Waals surface area contributed by atoms with E-state index in [9.17, 15) is 5.11 Å². The second-order valence-corrected chi connectivity index (χ2v) is 6.88. The Kier molecular flexibility index (Phi) is 4.47. The first kappa shape index (κ1) is 18.6. The largest absolute Gasteiger partial charge is 0.461 e. The van der Waals surface area contributed by atoms with Gasteiger partial charge >= 0.3 is 0 Å². The van der Waals surface area contributed by atoms with E-state index in [-0.39, 0.29) is 5.82 Å². The normalized spacial score (nSPS) is 11.3. The van der Waals surface area contributed by atoms with Gasteiger partial charge in [-0.2, -0.15) is 0 Å². The first-order valence-electron chi connectivity index (χ1n) is 9.57.